The number of amides is 2. The number of rotatable bonds is 4. The Morgan fingerprint density at radius 3 is 2.67 bits per heavy atom. The third-order valence-electron chi connectivity index (χ3n) is 9.20. The van der Waals surface area contributed by atoms with Gasteiger partial charge in [-0.05, 0) is 97.7 Å². The predicted molar refractivity (Wildman–Crippen MR) is 177 cm³/mol. The molecule has 2 aromatic carbocycles. The van der Waals surface area contributed by atoms with E-state index < -0.39 is 39.6 Å². The Bertz CT molecular complexity index is 1640. The fourth-order valence-corrected chi connectivity index (χ4v) is 8.67. The lowest BCUT2D eigenvalue weighted by molar-refractivity contribution is -0.171. The lowest BCUT2D eigenvalue weighted by Crippen LogP contribution is -2.44. The van der Waals surface area contributed by atoms with E-state index in [0.29, 0.717) is 36.2 Å². The third kappa shape index (κ3) is 8.90. The van der Waals surface area contributed by atoms with Crippen molar-refractivity contribution in [3.63, 3.8) is 0 Å². The second kappa shape index (κ2) is 15.6. The first-order valence-corrected chi connectivity index (χ1v) is 18.1. The van der Waals surface area contributed by atoms with Gasteiger partial charge in [-0.25, -0.2) is 4.21 Å². The van der Waals surface area contributed by atoms with E-state index in [4.69, 9.17) is 25.8 Å². The molecule has 2 aliphatic heterocycles. The molecule has 0 spiro atoms. The Balaban J connectivity index is 1.65. The molecule has 1 saturated carbocycles. The van der Waals surface area contributed by atoms with Crippen molar-refractivity contribution in [2.45, 2.75) is 57.3 Å². The zero-order chi connectivity index (χ0) is 34.5. The fourth-order valence-electron chi connectivity index (χ4n) is 6.62. The molecule has 0 radical (unpaired) electrons. The number of hydrogen-bond acceptors (Lipinski definition) is 7. The standard InChI is InChI=1S/C34H41ClF3N3O6S/c1-45-20-22-6-5-8-30(46-2)28-13-10-26(28)19-41-18-25-9-12-27(35)16-23(25)7-3-4-15-47-31-14-11-24(17-29(31)41)32(42)39-48(44,21-22)40-33(43)34(36,37)38/h5,8-9,11-12,14,16-17,22,26,28,30H,3-4,6-7,10,13,15,18-21H2,1-2H3,(H,39,40,42,43,44)/b8-5+/t22-,26+,28-,30+,48?/m1/s1. The summed E-state index contributed by atoms with van der Waals surface area (Å²) in [5.41, 5.74) is 2.79. The number of allylic oxidation sites excluding steroid dienone is 1. The summed E-state index contributed by atoms with van der Waals surface area (Å²) in [5, 5.41) is 0.644. The van der Waals surface area contributed by atoms with E-state index in [9.17, 15) is 27.0 Å². The van der Waals surface area contributed by atoms with Crippen molar-refractivity contribution in [2.24, 2.45) is 22.1 Å². The first-order valence-electron chi connectivity index (χ1n) is 16.0. The molecule has 1 aliphatic carbocycles. The fraction of sp³-hybridized carbons (Fsp3) is 0.529. The average molecular weight is 712 g/mol. The summed E-state index contributed by atoms with van der Waals surface area (Å²) in [6.07, 6.45) is 2.80. The number of aryl methyl sites for hydroxylation is 1. The number of carbonyl (C=O) groups is 2. The van der Waals surface area contributed by atoms with Crippen LogP contribution in [0.15, 0.2) is 52.9 Å². The number of nitrogens with one attached hydrogen (secondary N) is 1. The molecule has 2 aromatic rings. The van der Waals surface area contributed by atoms with Crippen molar-refractivity contribution in [1.29, 1.82) is 0 Å². The molecule has 14 heteroatoms. The van der Waals surface area contributed by atoms with E-state index in [2.05, 4.69) is 9.26 Å². The van der Waals surface area contributed by atoms with Crippen molar-refractivity contribution in [3.8, 4) is 5.75 Å². The molecule has 1 N–H and O–H groups in total. The van der Waals surface area contributed by atoms with Crippen molar-refractivity contribution < 1.29 is 41.2 Å². The molecule has 48 heavy (non-hydrogen) atoms. The molecule has 1 unspecified atom stereocenters. The minimum atomic E-state index is -5.34. The van der Waals surface area contributed by atoms with Gasteiger partial charge in [-0.3, -0.25) is 14.3 Å². The predicted octanol–water partition coefficient (Wildman–Crippen LogP) is 6.53. The van der Waals surface area contributed by atoms with E-state index in [-0.39, 0.29) is 36.5 Å². The van der Waals surface area contributed by atoms with Crippen LogP contribution in [0.5, 0.6) is 5.75 Å². The van der Waals surface area contributed by atoms with Gasteiger partial charge in [0.15, 0.2) is 0 Å². The summed E-state index contributed by atoms with van der Waals surface area (Å²) in [7, 11) is -1.20. The highest BCUT2D eigenvalue weighted by molar-refractivity contribution is 7.92. The molecule has 2 heterocycles. The van der Waals surface area contributed by atoms with Crippen molar-refractivity contribution in [1.82, 2.24) is 4.72 Å². The summed E-state index contributed by atoms with van der Waals surface area (Å²) in [6.45, 7) is 1.52. The van der Waals surface area contributed by atoms with E-state index in [1.807, 2.05) is 30.4 Å². The second-order valence-corrected chi connectivity index (χ2v) is 15.0. The van der Waals surface area contributed by atoms with Crippen LogP contribution in [0.4, 0.5) is 18.9 Å². The van der Waals surface area contributed by atoms with Crippen LogP contribution in [0.25, 0.3) is 0 Å². The van der Waals surface area contributed by atoms with Gasteiger partial charge in [0.25, 0.3) is 5.91 Å². The summed E-state index contributed by atoms with van der Waals surface area (Å²) in [5.74, 6) is -3.67. The topological polar surface area (TPSA) is 107 Å². The Labute approximate surface area is 284 Å². The number of nitrogens with zero attached hydrogens (tertiary/aromatic N) is 2. The SMILES string of the molecule is COC[C@H]1C/C=C/[C@H](OC)[C@@H]2CC[C@H]2CN2Cc3ccc(Cl)cc3CCCCOc3ccc(cc32)C(=O)N=S(=O)(NC(=O)C(F)(F)F)C1. The van der Waals surface area contributed by atoms with Crippen molar-refractivity contribution in [2.75, 3.05) is 44.6 Å². The van der Waals surface area contributed by atoms with Crippen molar-refractivity contribution >= 4 is 39.0 Å². The van der Waals surface area contributed by atoms with Crippen LogP contribution in [0, 0.1) is 17.8 Å². The highest BCUT2D eigenvalue weighted by Crippen LogP contribution is 2.42. The molecule has 0 aromatic heterocycles. The molecule has 2 bridgehead atoms. The number of carbonyl (C=O) groups excluding carboxylic acids is 2. The Morgan fingerprint density at radius 1 is 1.15 bits per heavy atom. The molecule has 262 valence electrons. The highest BCUT2D eigenvalue weighted by Gasteiger charge is 2.41. The largest absolute Gasteiger partial charge is 0.491 e. The van der Waals surface area contributed by atoms with E-state index >= 15 is 0 Å². The lowest BCUT2D eigenvalue weighted by atomic mass is 9.70. The first kappa shape index (κ1) is 36.2. The smallest absolute Gasteiger partial charge is 0.472 e. The molecule has 3 aliphatic rings. The number of fused-ring (bicyclic) bond motifs is 3. The van der Waals surface area contributed by atoms with Crippen LogP contribution in [0.1, 0.15) is 53.6 Å². The summed E-state index contributed by atoms with van der Waals surface area (Å²) in [6, 6.07) is 10.5. The molecule has 0 saturated heterocycles. The van der Waals surface area contributed by atoms with Gasteiger partial charge in [0, 0.05) is 37.9 Å². The van der Waals surface area contributed by atoms with Gasteiger partial charge in [0.05, 0.1) is 30.8 Å². The van der Waals surface area contributed by atoms with E-state index in [1.54, 1.807) is 19.2 Å². The van der Waals surface area contributed by atoms with Crippen LogP contribution in [0.2, 0.25) is 5.02 Å². The summed E-state index contributed by atoms with van der Waals surface area (Å²) >= 11 is 6.39. The quantitative estimate of drug-likeness (QED) is 0.360. The number of alkyl halides is 3. The van der Waals surface area contributed by atoms with Gasteiger partial charge in [-0.15, -0.1) is 4.36 Å². The zero-order valence-corrected chi connectivity index (χ0v) is 28.5. The molecular weight excluding hydrogens is 671 g/mol. The Morgan fingerprint density at radius 2 is 1.96 bits per heavy atom. The van der Waals surface area contributed by atoms with Crippen LogP contribution < -0.4 is 14.4 Å². The maximum atomic E-state index is 14.0. The molecule has 5 atom stereocenters. The zero-order valence-electron chi connectivity index (χ0n) is 27.0. The number of methoxy groups -OCH3 is 2. The van der Waals surface area contributed by atoms with Crippen LogP contribution in [-0.4, -0.2) is 68.0 Å². The Hall–Kier alpha value is -3.13. The van der Waals surface area contributed by atoms with Gasteiger partial charge in [-0.1, -0.05) is 29.8 Å². The van der Waals surface area contributed by atoms with Crippen LogP contribution in [0.3, 0.4) is 0 Å². The van der Waals surface area contributed by atoms with Gasteiger partial charge in [-0.2, -0.15) is 13.2 Å². The number of halogens is 4. The number of benzene rings is 2. The Kier molecular flexibility index (Phi) is 11.8. The maximum absolute atomic E-state index is 14.0. The molecule has 5 rings (SSSR count). The second-order valence-electron chi connectivity index (χ2n) is 12.6. The van der Waals surface area contributed by atoms with Gasteiger partial charge in [0.2, 0.25) is 0 Å². The van der Waals surface area contributed by atoms with E-state index in [0.717, 1.165) is 43.2 Å². The normalized spacial score (nSPS) is 27.5. The van der Waals surface area contributed by atoms with Crippen LogP contribution >= 0.6 is 11.6 Å². The minimum absolute atomic E-state index is 0.00209. The van der Waals surface area contributed by atoms with E-state index in [1.165, 1.54) is 17.9 Å². The molecule has 1 fully saturated rings. The van der Waals surface area contributed by atoms with Crippen molar-refractivity contribution in [3.05, 3.63) is 70.3 Å². The minimum Gasteiger partial charge on any atom is -0.491 e. The monoisotopic (exact) mass is 711 g/mol. The van der Waals surface area contributed by atoms with Gasteiger partial charge in [0.1, 0.15) is 15.7 Å². The highest BCUT2D eigenvalue weighted by atomic mass is 35.5. The van der Waals surface area contributed by atoms with Crippen LogP contribution in [-0.2, 0) is 37.1 Å². The summed E-state index contributed by atoms with van der Waals surface area (Å²) in [4.78, 5) is 27.9. The first-order chi connectivity index (χ1) is 22.9. The summed E-state index contributed by atoms with van der Waals surface area (Å²) < 4.78 is 76.8. The number of ether oxygens (including phenoxy) is 3. The third-order valence-corrected chi connectivity index (χ3v) is 11.3. The molecule has 9 nitrogen and oxygen atoms in total. The van der Waals surface area contributed by atoms with Gasteiger partial charge < -0.3 is 19.1 Å². The average Bonchev–Trinajstić information content (AvgIpc) is 3.04. The van der Waals surface area contributed by atoms with Gasteiger partial charge >= 0.3 is 12.1 Å². The number of hydrogen-bond donors (Lipinski definition) is 1. The molecule has 2 amide bonds. The maximum Gasteiger partial charge on any atom is 0.472 e. The molecular formula is C34H41ClF3N3O6S. The number of anilines is 1. The lowest BCUT2D eigenvalue weighted by Gasteiger charge is -2.43.